The Morgan fingerprint density at radius 3 is 1.69 bits per heavy atom. The van der Waals surface area contributed by atoms with Crippen molar-refractivity contribution in [2.24, 2.45) is 0 Å². The minimum Gasteiger partial charge on any atom is -0.507 e. The first-order chi connectivity index (χ1) is 7.36. The summed E-state index contributed by atoms with van der Waals surface area (Å²) in [6.07, 6.45) is 0. The molecule has 0 saturated carbocycles. The van der Waals surface area contributed by atoms with E-state index in [1.54, 1.807) is 0 Å². The van der Waals surface area contributed by atoms with E-state index in [4.69, 9.17) is 15.3 Å². The van der Waals surface area contributed by atoms with Gasteiger partial charge in [0.1, 0.15) is 11.3 Å². The highest BCUT2D eigenvalue weighted by molar-refractivity contribution is 6.10. The molecule has 0 atom stereocenters. The number of rotatable bonds is 3. The number of aromatic carboxylic acids is 3. The van der Waals surface area contributed by atoms with Gasteiger partial charge >= 0.3 is 17.9 Å². The fourth-order valence-corrected chi connectivity index (χ4v) is 1.21. The van der Waals surface area contributed by atoms with Crippen molar-refractivity contribution in [2.75, 3.05) is 0 Å². The number of hydrogen-bond acceptors (Lipinski definition) is 4. The lowest BCUT2D eigenvalue weighted by atomic mass is 10.00. The third-order valence-corrected chi connectivity index (χ3v) is 1.84. The Morgan fingerprint density at radius 2 is 1.31 bits per heavy atom. The van der Waals surface area contributed by atoms with Crippen LogP contribution in [0, 0.1) is 0 Å². The molecule has 0 aliphatic carbocycles. The zero-order chi connectivity index (χ0) is 12.5. The van der Waals surface area contributed by atoms with Crippen LogP contribution in [0.1, 0.15) is 31.1 Å². The van der Waals surface area contributed by atoms with Gasteiger partial charge < -0.3 is 20.4 Å². The molecule has 7 nitrogen and oxygen atoms in total. The van der Waals surface area contributed by atoms with Crippen molar-refractivity contribution in [1.82, 2.24) is 0 Å². The number of carbonyl (C=O) groups is 3. The quantitative estimate of drug-likeness (QED) is 0.589. The molecule has 0 saturated heterocycles. The third kappa shape index (κ3) is 1.78. The number of hydrogen-bond donors (Lipinski definition) is 4. The van der Waals surface area contributed by atoms with Crippen LogP contribution in [0.25, 0.3) is 0 Å². The van der Waals surface area contributed by atoms with Gasteiger partial charge in [0.25, 0.3) is 0 Å². The Hall–Kier alpha value is -2.57. The predicted octanol–water partition coefficient (Wildman–Crippen LogP) is 0.487. The summed E-state index contributed by atoms with van der Waals surface area (Å²) < 4.78 is 0. The zero-order valence-electron chi connectivity index (χ0n) is 7.67. The molecule has 0 bridgehead atoms. The second-order valence-electron chi connectivity index (χ2n) is 2.80. The monoisotopic (exact) mass is 226 g/mol. The lowest BCUT2D eigenvalue weighted by Crippen LogP contribution is -2.14. The maximum Gasteiger partial charge on any atom is 0.340 e. The number of carboxylic acid groups (broad SMARTS) is 3. The van der Waals surface area contributed by atoms with Crippen LogP contribution in [0.5, 0.6) is 5.75 Å². The Bertz CT molecular complexity index is 489. The normalized spacial score (nSPS) is 9.75. The van der Waals surface area contributed by atoms with E-state index in [9.17, 15) is 19.5 Å². The number of carboxylic acids is 3. The first-order valence-electron chi connectivity index (χ1n) is 3.92. The van der Waals surface area contributed by atoms with Gasteiger partial charge in [0.05, 0.1) is 11.1 Å². The Balaban J connectivity index is 3.70. The molecule has 1 rings (SSSR count). The molecule has 0 spiro atoms. The van der Waals surface area contributed by atoms with Gasteiger partial charge in [0, 0.05) is 0 Å². The molecule has 1 aromatic carbocycles. The van der Waals surface area contributed by atoms with Gasteiger partial charge in [-0.15, -0.1) is 0 Å². The van der Waals surface area contributed by atoms with Crippen LogP contribution in [-0.4, -0.2) is 38.3 Å². The van der Waals surface area contributed by atoms with Gasteiger partial charge in [0.2, 0.25) is 0 Å². The molecule has 7 heteroatoms. The maximum absolute atomic E-state index is 10.8. The third-order valence-electron chi connectivity index (χ3n) is 1.84. The summed E-state index contributed by atoms with van der Waals surface area (Å²) in [6, 6.07) is 1.65. The molecule has 4 N–H and O–H groups in total. The second kappa shape index (κ2) is 3.89. The molecule has 0 fully saturated rings. The molecule has 0 unspecified atom stereocenters. The fourth-order valence-electron chi connectivity index (χ4n) is 1.21. The molecule has 0 radical (unpaired) electrons. The molecule has 0 aromatic heterocycles. The van der Waals surface area contributed by atoms with Crippen LogP contribution in [0.2, 0.25) is 0 Å². The average molecular weight is 226 g/mol. The summed E-state index contributed by atoms with van der Waals surface area (Å²) in [6.45, 7) is 0. The SMILES string of the molecule is O=C(O)c1ccc(O)c(C(=O)O)c1C(=O)O. The predicted molar refractivity (Wildman–Crippen MR) is 49.0 cm³/mol. The van der Waals surface area contributed by atoms with E-state index in [0.717, 1.165) is 12.1 Å². The summed E-state index contributed by atoms with van der Waals surface area (Å²) in [5.41, 5.74) is -2.57. The van der Waals surface area contributed by atoms with Crippen LogP contribution < -0.4 is 0 Å². The molecular formula is C9H6O7. The van der Waals surface area contributed by atoms with Gasteiger partial charge in [-0.3, -0.25) is 0 Å². The molecule has 84 valence electrons. The Morgan fingerprint density at radius 1 is 0.812 bits per heavy atom. The summed E-state index contributed by atoms with van der Waals surface area (Å²) in [5, 5.41) is 35.3. The minimum absolute atomic E-state index is 0.692. The van der Waals surface area contributed by atoms with E-state index >= 15 is 0 Å². The van der Waals surface area contributed by atoms with Crippen LogP contribution in [0.4, 0.5) is 0 Å². The van der Waals surface area contributed by atoms with Crippen molar-refractivity contribution < 1.29 is 34.8 Å². The summed E-state index contributed by atoms with van der Waals surface area (Å²) in [7, 11) is 0. The van der Waals surface area contributed by atoms with E-state index in [0.29, 0.717) is 0 Å². The molecular weight excluding hydrogens is 220 g/mol. The second-order valence-corrected chi connectivity index (χ2v) is 2.80. The summed E-state index contributed by atoms with van der Waals surface area (Å²) in [5.74, 6) is -5.82. The number of phenols is 1. The highest BCUT2D eigenvalue weighted by Gasteiger charge is 2.26. The van der Waals surface area contributed by atoms with Crippen LogP contribution >= 0.6 is 0 Å². The van der Waals surface area contributed by atoms with Crippen molar-refractivity contribution >= 4 is 17.9 Å². The van der Waals surface area contributed by atoms with E-state index in [-0.39, 0.29) is 0 Å². The first-order valence-corrected chi connectivity index (χ1v) is 3.92. The minimum atomic E-state index is -1.73. The first kappa shape index (κ1) is 11.5. The number of benzene rings is 1. The largest absolute Gasteiger partial charge is 0.507 e. The van der Waals surface area contributed by atoms with Gasteiger partial charge in [-0.25, -0.2) is 14.4 Å². The van der Waals surface area contributed by atoms with Crippen LogP contribution in [-0.2, 0) is 0 Å². The standard InChI is InChI=1S/C9H6O7/c10-4-2-1-3(7(11)12)5(8(13)14)6(4)9(15)16/h1-2,10H,(H,11,12)(H,13,14)(H,15,16). The smallest absolute Gasteiger partial charge is 0.340 e. The average Bonchev–Trinajstić information content (AvgIpc) is 2.15. The molecule has 0 heterocycles. The van der Waals surface area contributed by atoms with Crippen molar-refractivity contribution in [2.45, 2.75) is 0 Å². The highest BCUT2D eigenvalue weighted by atomic mass is 16.4. The molecule has 0 aliphatic heterocycles. The van der Waals surface area contributed by atoms with Gasteiger partial charge in [0.15, 0.2) is 0 Å². The van der Waals surface area contributed by atoms with Crippen LogP contribution in [0.15, 0.2) is 12.1 Å². The van der Waals surface area contributed by atoms with Crippen LogP contribution in [0.3, 0.4) is 0 Å². The van der Waals surface area contributed by atoms with Crippen molar-refractivity contribution in [3.05, 3.63) is 28.8 Å². The van der Waals surface area contributed by atoms with E-state index < -0.39 is 40.3 Å². The highest BCUT2D eigenvalue weighted by Crippen LogP contribution is 2.24. The van der Waals surface area contributed by atoms with E-state index in [1.807, 2.05) is 0 Å². The van der Waals surface area contributed by atoms with Crippen molar-refractivity contribution in [1.29, 1.82) is 0 Å². The molecule has 0 amide bonds. The Labute approximate surface area is 88.2 Å². The lowest BCUT2D eigenvalue weighted by Gasteiger charge is -2.07. The molecule has 1 aromatic rings. The molecule has 16 heavy (non-hydrogen) atoms. The molecule has 0 aliphatic rings. The van der Waals surface area contributed by atoms with E-state index in [2.05, 4.69) is 0 Å². The van der Waals surface area contributed by atoms with Crippen molar-refractivity contribution in [3.8, 4) is 5.75 Å². The zero-order valence-corrected chi connectivity index (χ0v) is 7.67. The summed E-state index contributed by atoms with van der Waals surface area (Å²) in [4.78, 5) is 32.1. The van der Waals surface area contributed by atoms with Crippen molar-refractivity contribution in [3.63, 3.8) is 0 Å². The number of aromatic hydroxyl groups is 1. The fraction of sp³-hybridized carbons (Fsp3) is 0. The topological polar surface area (TPSA) is 132 Å². The summed E-state index contributed by atoms with van der Waals surface area (Å²) >= 11 is 0. The Kier molecular flexibility index (Phi) is 2.80. The van der Waals surface area contributed by atoms with Gasteiger partial charge in [-0.1, -0.05) is 0 Å². The van der Waals surface area contributed by atoms with Gasteiger partial charge in [-0.2, -0.15) is 0 Å². The van der Waals surface area contributed by atoms with E-state index in [1.165, 1.54) is 0 Å². The lowest BCUT2D eigenvalue weighted by molar-refractivity contribution is 0.0631. The van der Waals surface area contributed by atoms with Gasteiger partial charge in [-0.05, 0) is 12.1 Å². The maximum atomic E-state index is 10.8.